The molecular formula is C35H40N6O3. The number of rotatable bonds is 8. The van der Waals surface area contributed by atoms with E-state index in [2.05, 4.69) is 33.8 Å². The highest BCUT2D eigenvalue weighted by Crippen LogP contribution is 2.39. The molecule has 0 bridgehead atoms. The fourth-order valence-electron chi connectivity index (χ4n) is 6.52. The molecule has 9 heteroatoms. The second-order valence-electron chi connectivity index (χ2n) is 11.9. The molecule has 0 unspecified atom stereocenters. The minimum atomic E-state index is -0.855. The van der Waals surface area contributed by atoms with Gasteiger partial charge in [-0.15, -0.1) is 0 Å². The molecule has 6 rings (SSSR count). The van der Waals surface area contributed by atoms with Crippen LogP contribution in [0.4, 0.5) is 0 Å². The van der Waals surface area contributed by atoms with Crippen LogP contribution in [-0.4, -0.2) is 75.8 Å². The molecule has 3 N–H and O–H groups in total. The molecule has 0 saturated carbocycles. The number of carbonyl (C=O) groups excluding carboxylic acids is 3. The van der Waals surface area contributed by atoms with Gasteiger partial charge in [0.2, 0.25) is 17.7 Å². The zero-order valence-electron chi connectivity index (χ0n) is 25.3. The molecule has 2 aliphatic heterocycles. The first-order valence-electron chi connectivity index (χ1n) is 15.6. The Kier molecular flexibility index (Phi) is 8.74. The summed E-state index contributed by atoms with van der Waals surface area (Å²) in [6.07, 6.45) is 3.23. The zero-order chi connectivity index (χ0) is 30.6. The van der Waals surface area contributed by atoms with Gasteiger partial charge in [-0.05, 0) is 56.8 Å². The molecule has 0 radical (unpaired) electrons. The summed E-state index contributed by atoms with van der Waals surface area (Å²) >= 11 is 0. The van der Waals surface area contributed by atoms with Gasteiger partial charge in [0, 0.05) is 31.1 Å². The number of nitrogens with one attached hydrogen (secondary N) is 3. The monoisotopic (exact) mass is 592 g/mol. The van der Waals surface area contributed by atoms with E-state index in [4.69, 9.17) is 4.98 Å². The van der Waals surface area contributed by atoms with E-state index in [0.717, 1.165) is 46.4 Å². The number of aromatic nitrogens is 2. The quantitative estimate of drug-likeness (QED) is 0.284. The summed E-state index contributed by atoms with van der Waals surface area (Å²) in [6, 6.07) is 24.6. The number of benzene rings is 3. The van der Waals surface area contributed by atoms with E-state index in [1.165, 1.54) is 0 Å². The number of para-hydroxylation sites is 1. The number of hydrogen-bond donors (Lipinski definition) is 3. The van der Waals surface area contributed by atoms with E-state index in [-0.39, 0.29) is 36.3 Å². The number of carbonyl (C=O) groups is 3. The van der Waals surface area contributed by atoms with Gasteiger partial charge in [0.15, 0.2) is 0 Å². The number of amides is 3. The topological polar surface area (TPSA) is 110 Å². The van der Waals surface area contributed by atoms with Gasteiger partial charge in [-0.1, -0.05) is 72.8 Å². The van der Waals surface area contributed by atoms with Crippen LogP contribution in [0.5, 0.6) is 0 Å². The first-order valence-corrected chi connectivity index (χ1v) is 15.6. The number of likely N-dealkylation sites (N-methyl/N-ethyl adjacent to an activating group) is 1. The largest absolute Gasteiger partial charge is 0.341 e. The smallest absolute Gasteiger partial charge is 0.247 e. The fourth-order valence-corrected chi connectivity index (χ4v) is 6.52. The number of H-pyrrole nitrogens is 1. The van der Waals surface area contributed by atoms with Gasteiger partial charge in [-0.3, -0.25) is 14.4 Å². The number of aryl methyl sites for hydroxylation is 1. The Morgan fingerprint density at radius 3 is 2.48 bits per heavy atom. The van der Waals surface area contributed by atoms with Gasteiger partial charge in [0.1, 0.15) is 11.9 Å². The Hall–Kier alpha value is -4.50. The molecule has 3 amide bonds. The summed E-state index contributed by atoms with van der Waals surface area (Å²) in [6.45, 7) is 2.43. The van der Waals surface area contributed by atoms with E-state index < -0.39 is 12.1 Å². The van der Waals surface area contributed by atoms with Crippen molar-refractivity contribution < 1.29 is 14.4 Å². The third kappa shape index (κ3) is 6.10. The van der Waals surface area contributed by atoms with Gasteiger partial charge in [0.05, 0.1) is 23.1 Å². The third-order valence-corrected chi connectivity index (χ3v) is 9.09. The van der Waals surface area contributed by atoms with Crippen molar-refractivity contribution in [3.8, 4) is 11.1 Å². The average molecular weight is 593 g/mol. The highest BCUT2D eigenvalue weighted by Gasteiger charge is 2.44. The van der Waals surface area contributed by atoms with E-state index in [1.807, 2.05) is 65.6 Å². The van der Waals surface area contributed by atoms with Crippen LogP contribution < -0.4 is 10.6 Å². The van der Waals surface area contributed by atoms with Crippen molar-refractivity contribution in [1.82, 2.24) is 30.4 Å². The van der Waals surface area contributed by atoms with Crippen molar-refractivity contribution in [3.63, 3.8) is 0 Å². The molecule has 2 saturated heterocycles. The predicted octanol–water partition coefficient (Wildman–Crippen LogP) is 4.22. The molecule has 4 atom stereocenters. The normalized spacial score (nSPS) is 21.0. The highest BCUT2D eigenvalue weighted by atomic mass is 16.2. The molecule has 3 aromatic carbocycles. The van der Waals surface area contributed by atoms with Gasteiger partial charge < -0.3 is 25.4 Å². The van der Waals surface area contributed by atoms with E-state index in [1.54, 1.807) is 18.9 Å². The van der Waals surface area contributed by atoms with E-state index in [0.29, 0.717) is 25.8 Å². The number of aromatic amines is 1. The highest BCUT2D eigenvalue weighted by molar-refractivity contribution is 5.93. The maximum absolute atomic E-state index is 14.4. The van der Waals surface area contributed by atoms with Crippen LogP contribution in [0, 0.1) is 0 Å². The van der Waals surface area contributed by atoms with Crippen LogP contribution in [0.1, 0.15) is 50.0 Å². The molecule has 0 spiro atoms. The molecular weight excluding hydrogens is 552 g/mol. The van der Waals surface area contributed by atoms with Crippen LogP contribution in [0.15, 0.2) is 78.9 Å². The van der Waals surface area contributed by atoms with Crippen LogP contribution in [-0.2, 0) is 20.8 Å². The molecule has 1 aromatic heterocycles. The van der Waals surface area contributed by atoms with Crippen LogP contribution in [0.25, 0.3) is 22.2 Å². The van der Waals surface area contributed by atoms with Crippen molar-refractivity contribution in [2.45, 2.75) is 63.2 Å². The zero-order valence-corrected chi connectivity index (χ0v) is 25.3. The number of imidazole rings is 1. The number of nitrogens with zero attached hydrogens (tertiary/aromatic N) is 3. The molecule has 228 valence electrons. The Labute approximate surface area is 258 Å². The lowest BCUT2D eigenvalue weighted by Crippen LogP contribution is -2.60. The fraction of sp³-hybridized carbons (Fsp3) is 0.371. The molecule has 2 aliphatic rings. The third-order valence-electron chi connectivity index (χ3n) is 9.09. The lowest BCUT2D eigenvalue weighted by Gasteiger charge is -2.39. The summed E-state index contributed by atoms with van der Waals surface area (Å²) in [7, 11) is 1.71. The molecule has 3 heterocycles. The van der Waals surface area contributed by atoms with Crippen LogP contribution >= 0.6 is 0 Å². The second-order valence-corrected chi connectivity index (χ2v) is 11.9. The molecule has 0 aliphatic carbocycles. The van der Waals surface area contributed by atoms with Crippen molar-refractivity contribution >= 4 is 28.8 Å². The van der Waals surface area contributed by atoms with E-state index >= 15 is 0 Å². The first kappa shape index (κ1) is 29.6. The minimum Gasteiger partial charge on any atom is -0.341 e. The van der Waals surface area contributed by atoms with E-state index in [9.17, 15) is 14.4 Å². The minimum absolute atomic E-state index is 0.00344. The summed E-state index contributed by atoms with van der Waals surface area (Å²) in [5.74, 6) is 0.311. The van der Waals surface area contributed by atoms with Crippen molar-refractivity contribution in [2.75, 3.05) is 20.1 Å². The Morgan fingerprint density at radius 2 is 1.73 bits per heavy atom. The molecule has 4 aromatic rings. The van der Waals surface area contributed by atoms with Crippen molar-refractivity contribution in [3.05, 3.63) is 90.3 Å². The molecule has 2 fully saturated rings. The standard InChI is InChI=1S/C35H40N6O3/c1-23(36-2)34(43)38-29-22-40(31(42)19-16-24-10-5-3-6-11-24)21-20-26-17-18-30(41(26)35(29)44)33-37-28-15-9-14-27(32(28)39-33)25-12-7-4-8-13-25/h3-15,23,26,29-30,36H,16-22H2,1-2H3,(H,37,39)(H,38,43)/t23-,26+,29-,30-/m0/s1. The van der Waals surface area contributed by atoms with Crippen molar-refractivity contribution in [2.24, 2.45) is 0 Å². The summed E-state index contributed by atoms with van der Waals surface area (Å²) < 4.78 is 0. The lowest BCUT2D eigenvalue weighted by atomic mass is 10.0. The summed E-state index contributed by atoms with van der Waals surface area (Å²) in [4.78, 5) is 53.1. The number of hydrogen-bond acceptors (Lipinski definition) is 5. The van der Waals surface area contributed by atoms with Gasteiger partial charge in [-0.25, -0.2) is 4.98 Å². The van der Waals surface area contributed by atoms with Gasteiger partial charge in [-0.2, -0.15) is 0 Å². The maximum Gasteiger partial charge on any atom is 0.247 e. The Morgan fingerprint density at radius 1 is 0.977 bits per heavy atom. The van der Waals surface area contributed by atoms with Crippen LogP contribution in [0.2, 0.25) is 0 Å². The Bertz CT molecular complexity index is 1620. The SMILES string of the molecule is CN[C@@H](C)C(=O)N[C@H]1CN(C(=O)CCc2ccccc2)CC[C@H]2CC[C@@H](c3nc4c(-c5ccccc5)cccc4[nH]3)N2C1=O. The van der Waals surface area contributed by atoms with Crippen LogP contribution in [0.3, 0.4) is 0 Å². The number of fused-ring (bicyclic) bond motifs is 2. The Balaban J connectivity index is 1.27. The van der Waals surface area contributed by atoms with Crippen molar-refractivity contribution in [1.29, 1.82) is 0 Å². The lowest BCUT2D eigenvalue weighted by molar-refractivity contribution is -0.144. The molecule has 44 heavy (non-hydrogen) atoms. The first-order chi connectivity index (χ1) is 21.4. The summed E-state index contributed by atoms with van der Waals surface area (Å²) in [5.41, 5.74) is 5.02. The van der Waals surface area contributed by atoms with Gasteiger partial charge in [0.25, 0.3) is 0 Å². The molecule has 9 nitrogen and oxygen atoms in total. The second kappa shape index (κ2) is 13.0. The maximum atomic E-state index is 14.4. The van der Waals surface area contributed by atoms with Gasteiger partial charge >= 0.3 is 0 Å². The predicted molar refractivity (Wildman–Crippen MR) is 171 cm³/mol. The summed E-state index contributed by atoms with van der Waals surface area (Å²) in [5, 5.41) is 5.92. The average Bonchev–Trinajstić information content (AvgIpc) is 3.68.